The lowest BCUT2D eigenvalue weighted by atomic mass is 9.82. The van der Waals surface area contributed by atoms with Crippen molar-refractivity contribution in [1.82, 2.24) is 5.32 Å². The number of amidine groups is 1. The number of rotatable bonds is 5. The first-order valence-electron chi connectivity index (χ1n) is 4.99. The van der Waals surface area contributed by atoms with Crippen LogP contribution in [-0.2, 0) is 0 Å². The first-order valence-corrected chi connectivity index (χ1v) is 4.99. The van der Waals surface area contributed by atoms with Crippen LogP contribution in [0.15, 0.2) is 5.16 Å². The van der Waals surface area contributed by atoms with Crippen molar-refractivity contribution >= 4 is 5.84 Å². The topological polar surface area (TPSA) is 90.9 Å². The van der Waals surface area contributed by atoms with E-state index in [1.165, 1.54) is 0 Å². The van der Waals surface area contributed by atoms with E-state index >= 15 is 0 Å². The molecule has 0 aromatic heterocycles. The minimum atomic E-state index is -0.0961. The molecule has 1 fully saturated rings. The van der Waals surface area contributed by atoms with Gasteiger partial charge in [-0.2, -0.15) is 0 Å². The summed E-state index contributed by atoms with van der Waals surface area (Å²) in [7, 11) is 0. The fourth-order valence-electron chi connectivity index (χ4n) is 1.66. The number of aliphatic hydroxyl groups is 1. The molecule has 0 bridgehead atoms. The Hall–Kier alpha value is -0.810. The van der Waals surface area contributed by atoms with E-state index in [1.807, 2.05) is 6.92 Å². The van der Waals surface area contributed by atoms with Crippen LogP contribution in [0.1, 0.15) is 26.2 Å². The molecule has 5 nitrogen and oxygen atoms in total. The maximum atomic E-state index is 9.07. The van der Waals surface area contributed by atoms with Crippen LogP contribution in [0, 0.1) is 5.92 Å². The van der Waals surface area contributed by atoms with Gasteiger partial charge in [-0.25, -0.2) is 0 Å². The summed E-state index contributed by atoms with van der Waals surface area (Å²) in [5, 5.41) is 23.6. The monoisotopic (exact) mass is 201 g/mol. The molecule has 0 amide bonds. The summed E-state index contributed by atoms with van der Waals surface area (Å²) in [5.74, 6) is 0.832. The van der Waals surface area contributed by atoms with Gasteiger partial charge in [0.2, 0.25) is 0 Å². The molecule has 1 unspecified atom stereocenters. The standard InChI is InChI=1S/C9H19N3O2/c1-6(2-9(10)12-14)11-5-7-3-8(13)4-7/h6-8,11,13-14H,2-5H2,1H3,(H2,10,12). The second-order valence-corrected chi connectivity index (χ2v) is 4.10. The first-order chi connectivity index (χ1) is 6.61. The maximum Gasteiger partial charge on any atom is 0.140 e. The third kappa shape index (κ3) is 3.51. The zero-order chi connectivity index (χ0) is 10.6. The Labute approximate surface area is 84.0 Å². The van der Waals surface area contributed by atoms with Crippen molar-refractivity contribution in [2.24, 2.45) is 16.8 Å². The zero-order valence-corrected chi connectivity index (χ0v) is 8.48. The van der Waals surface area contributed by atoms with Gasteiger partial charge in [0, 0.05) is 12.5 Å². The van der Waals surface area contributed by atoms with E-state index in [1.54, 1.807) is 0 Å². The number of nitrogens with one attached hydrogen (secondary N) is 1. The van der Waals surface area contributed by atoms with Crippen molar-refractivity contribution in [1.29, 1.82) is 0 Å². The van der Waals surface area contributed by atoms with Gasteiger partial charge in [0.15, 0.2) is 0 Å². The van der Waals surface area contributed by atoms with Gasteiger partial charge in [-0.3, -0.25) is 0 Å². The van der Waals surface area contributed by atoms with Crippen molar-refractivity contribution in [3.05, 3.63) is 0 Å². The van der Waals surface area contributed by atoms with E-state index in [0.29, 0.717) is 12.3 Å². The lowest BCUT2D eigenvalue weighted by Gasteiger charge is -2.32. The second kappa shape index (κ2) is 5.17. The third-order valence-corrected chi connectivity index (χ3v) is 2.61. The molecular weight excluding hydrogens is 182 g/mol. The Balaban J connectivity index is 2.06. The van der Waals surface area contributed by atoms with E-state index in [-0.39, 0.29) is 18.0 Å². The number of nitrogens with zero attached hydrogens (tertiary/aromatic N) is 1. The molecule has 1 saturated carbocycles. The Bertz CT molecular complexity index is 202. The van der Waals surface area contributed by atoms with Crippen LogP contribution in [0.5, 0.6) is 0 Å². The molecule has 82 valence electrons. The predicted molar refractivity (Wildman–Crippen MR) is 54.2 cm³/mol. The molecule has 14 heavy (non-hydrogen) atoms. The van der Waals surface area contributed by atoms with E-state index < -0.39 is 0 Å². The minimum absolute atomic E-state index is 0.0961. The zero-order valence-electron chi connectivity index (χ0n) is 8.48. The molecule has 0 saturated heterocycles. The fraction of sp³-hybridized carbons (Fsp3) is 0.889. The van der Waals surface area contributed by atoms with Crippen molar-refractivity contribution in [3.8, 4) is 0 Å². The molecule has 1 aliphatic rings. The van der Waals surface area contributed by atoms with Crippen LogP contribution in [0.3, 0.4) is 0 Å². The van der Waals surface area contributed by atoms with Crippen LogP contribution in [-0.4, -0.2) is 34.8 Å². The van der Waals surface area contributed by atoms with Gasteiger partial charge in [0.25, 0.3) is 0 Å². The average molecular weight is 201 g/mol. The van der Waals surface area contributed by atoms with Gasteiger partial charge < -0.3 is 21.4 Å². The average Bonchev–Trinajstić information content (AvgIpc) is 2.10. The van der Waals surface area contributed by atoms with Gasteiger partial charge in [0.1, 0.15) is 5.84 Å². The summed E-state index contributed by atoms with van der Waals surface area (Å²) in [5.41, 5.74) is 5.37. The van der Waals surface area contributed by atoms with Crippen LogP contribution in [0.25, 0.3) is 0 Å². The van der Waals surface area contributed by atoms with Crippen molar-refractivity contribution in [2.75, 3.05) is 6.54 Å². The quantitative estimate of drug-likeness (QED) is 0.216. The predicted octanol–water partition coefficient (Wildman–Crippen LogP) is -0.128. The molecule has 0 aromatic rings. The van der Waals surface area contributed by atoms with Crippen molar-refractivity contribution in [2.45, 2.75) is 38.3 Å². The van der Waals surface area contributed by atoms with Crippen LogP contribution in [0.2, 0.25) is 0 Å². The molecule has 0 aromatic carbocycles. The van der Waals surface area contributed by atoms with E-state index in [9.17, 15) is 0 Å². The van der Waals surface area contributed by atoms with Crippen LogP contribution in [0.4, 0.5) is 0 Å². The van der Waals surface area contributed by atoms with Crippen LogP contribution >= 0.6 is 0 Å². The lowest BCUT2D eigenvalue weighted by molar-refractivity contribution is 0.0421. The van der Waals surface area contributed by atoms with Gasteiger partial charge in [-0.1, -0.05) is 5.16 Å². The summed E-state index contributed by atoms with van der Waals surface area (Å²) in [6.07, 6.45) is 2.24. The second-order valence-electron chi connectivity index (χ2n) is 4.10. The highest BCUT2D eigenvalue weighted by Gasteiger charge is 2.26. The Morgan fingerprint density at radius 2 is 2.29 bits per heavy atom. The Morgan fingerprint density at radius 1 is 1.64 bits per heavy atom. The van der Waals surface area contributed by atoms with E-state index in [0.717, 1.165) is 19.4 Å². The lowest BCUT2D eigenvalue weighted by Crippen LogP contribution is -2.40. The molecule has 1 atom stereocenters. The summed E-state index contributed by atoms with van der Waals surface area (Å²) < 4.78 is 0. The molecule has 5 N–H and O–H groups in total. The van der Waals surface area contributed by atoms with Gasteiger partial charge >= 0.3 is 0 Å². The highest BCUT2D eigenvalue weighted by Crippen LogP contribution is 2.26. The summed E-state index contributed by atoms with van der Waals surface area (Å²) in [4.78, 5) is 0. The normalized spacial score (nSPS) is 29.7. The van der Waals surface area contributed by atoms with Gasteiger partial charge in [-0.15, -0.1) is 0 Å². The SMILES string of the molecule is CC(CC(N)=NO)NCC1CC(O)C1. The molecule has 0 spiro atoms. The number of hydrogen-bond acceptors (Lipinski definition) is 4. The first kappa shape index (κ1) is 11.3. The molecule has 0 heterocycles. The Morgan fingerprint density at radius 3 is 2.79 bits per heavy atom. The van der Waals surface area contributed by atoms with E-state index in [2.05, 4.69) is 10.5 Å². The van der Waals surface area contributed by atoms with Gasteiger partial charge in [0.05, 0.1) is 6.10 Å². The fourth-order valence-corrected chi connectivity index (χ4v) is 1.66. The molecule has 0 aliphatic heterocycles. The van der Waals surface area contributed by atoms with Crippen LogP contribution < -0.4 is 11.1 Å². The summed E-state index contributed by atoms with van der Waals surface area (Å²) in [6, 6.07) is 0.212. The summed E-state index contributed by atoms with van der Waals surface area (Å²) in [6.45, 7) is 2.89. The number of oxime groups is 1. The smallest absolute Gasteiger partial charge is 0.140 e. The minimum Gasteiger partial charge on any atom is -0.409 e. The maximum absolute atomic E-state index is 9.07. The van der Waals surface area contributed by atoms with Crippen molar-refractivity contribution in [3.63, 3.8) is 0 Å². The largest absolute Gasteiger partial charge is 0.409 e. The molecule has 0 radical (unpaired) electrons. The summed E-state index contributed by atoms with van der Waals surface area (Å²) >= 11 is 0. The highest BCUT2D eigenvalue weighted by atomic mass is 16.4. The molecule has 1 rings (SSSR count). The number of aliphatic hydroxyl groups excluding tert-OH is 1. The highest BCUT2D eigenvalue weighted by molar-refractivity contribution is 5.80. The Kier molecular flexibility index (Phi) is 4.16. The number of nitrogens with two attached hydrogens (primary N) is 1. The van der Waals surface area contributed by atoms with Gasteiger partial charge in [-0.05, 0) is 32.2 Å². The molecule has 5 heteroatoms. The molecule has 1 aliphatic carbocycles. The van der Waals surface area contributed by atoms with Crippen molar-refractivity contribution < 1.29 is 10.3 Å². The molecular formula is C9H19N3O2. The third-order valence-electron chi connectivity index (χ3n) is 2.61. The van der Waals surface area contributed by atoms with E-state index in [4.69, 9.17) is 16.0 Å². The number of hydrogen-bond donors (Lipinski definition) is 4.